The van der Waals surface area contributed by atoms with Crippen molar-refractivity contribution >= 4 is 27.7 Å². The average molecular weight is 316 g/mol. The van der Waals surface area contributed by atoms with Crippen LogP contribution in [0.2, 0.25) is 0 Å². The molecule has 1 aromatic heterocycles. The van der Waals surface area contributed by atoms with Crippen LogP contribution in [0.15, 0.2) is 16.7 Å². The van der Waals surface area contributed by atoms with Gasteiger partial charge in [0.1, 0.15) is 12.4 Å². The van der Waals surface area contributed by atoms with Crippen LogP contribution in [0.25, 0.3) is 0 Å². The summed E-state index contributed by atoms with van der Waals surface area (Å²) in [5, 5.41) is 0. The third-order valence-electron chi connectivity index (χ3n) is 2.63. The molecule has 0 bridgehead atoms. The van der Waals surface area contributed by atoms with Crippen molar-refractivity contribution in [3.63, 3.8) is 0 Å². The van der Waals surface area contributed by atoms with Crippen molar-refractivity contribution in [3.05, 3.63) is 22.3 Å². The van der Waals surface area contributed by atoms with E-state index in [1.807, 2.05) is 0 Å². The third kappa shape index (κ3) is 4.27. The molecule has 2 N–H and O–H groups in total. The maximum Gasteiger partial charge on any atom is 0.339 e. The second-order valence-corrected chi connectivity index (χ2v) is 4.61. The van der Waals surface area contributed by atoms with Crippen LogP contribution in [0.5, 0.6) is 0 Å². The Morgan fingerprint density at radius 1 is 1.50 bits per heavy atom. The Labute approximate surface area is 115 Å². The number of nitrogens with zero attached hydrogens (tertiary/aromatic N) is 2. The highest BCUT2D eigenvalue weighted by molar-refractivity contribution is 9.10. The van der Waals surface area contributed by atoms with E-state index in [9.17, 15) is 4.79 Å². The molecule has 0 fully saturated rings. The highest BCUT2D eigenvalue weighted by Crippen LogP contribution is 2.18. The Morgan fingerprint density at radius 3 is 2.78 bits per heavy atom. The van der Waals surface area contributed by atoms with Gasteiger partial charge in [0.25, 0.3) is 0 Å². The Balaban J connectivity index is 2.53. The van der Waals surface area contributed by atoms with Crippen LogP contribution in [0, 0.1) is 0 Å². The number of nitrogen functional groups attached to an aromatic ring is 1. The molecular formula is C12H18BrN3O2. The van der Waals surface area contributed by atoms with E-state index in [1.165, 1.54) is 12.3 Å². The molecule has 1 heterocycles. The SMILES string of the molecule is CCN(CC)CCOC(=O)c1cc(N)ncc1Br. The number of halogens is 1. The fraction of sp³-hybridized carbons (Fsp3) is 0.500. The number of pyridine rings is 1. The van der Waals surface area contributed by atoms with Crippen LogP contribution in [0.1, 0.15) is 24.2 Å². The Kier molecular flexibility index (Phi) is 6.07. The first kappa shape index (κ1) is 14.9. The maximum absolute atomic E-state index is 11.8. The minimum absolute atomic E-state index is 0.300. The van der Waals surface area contributed by atoms with Crippen molar-refractivity contribution in [1.82, 2.24) is 9.88 Å². The van der Waals surface area contributed by atoms with Gasteiger partial charge in [-0.15, -0.1) is 0 Å². The van der Waals surface area contributed by atoms with Crippen LogP contribution in [-0.2, 0) is 4.74 Å². The van der Waals surface area contributed by atoms with Crippen LogP contribution in [0.4, 0.5) is 5.82 Å². The highest BCUT2D eigenvalue weighted by Gasteiger charge is 2.12. The number of carbonyl (C=O) groups is 1. The van der Waals surface area contributed by atoms with Crippen LogP contribution in [0.3, 0.4) is 0 Å². The lowest BCUT2D eigenvalue weighted by Gasteiger charge is -2.17. The lowest BCUT2D eigenvalue weighted by Crippen LogP contribution is -2.28. The zero-order valence-electron chi connectivity index (χ0n) is 10.6. The zero-order valence-corrected chi connectivity index (χ0v) is 12.2. The number of likely N-dealkylation sites (N-methyl/N-ethyl adjacent to an activating group) is 1. The number of ether oxygens (including phenoxy) is 1. The fourth-order valence-electron chi connectivity index (χ4n) is 1.50. The number of nitrogens with two attached hydrogens (primary N) is 1. The molecular weight excluding hydrogens is 298 g/mol. The molecule has 0 radical (unpaired) electrons. The predicted octanol–water partition coefficient (Wildman–Crippen LogP) is 1.92. The topological polar surface area (TPSA) is 68.5 Å². The van der Waals surface area contributed by atoms with Crippen molar-refractivity contribution in [2.24, 2.45) is 0 Å². The van der Waals surface area contributed by atoms with E-state index in [-0.39, 0.29) is 5.97 Å². The first-order chi connectivity index (χ1) is 8.58. The van der Waals surface area contributed by atoms with Crippen LogP contribution < -0.4 is 5.73 Å². The van der Waals surface area contributed by atoms with Crippen molar-refractivity contribution in [3.8, 4) is 0 Å². The molecule has 0 saturated carbocycles. The van der Waals surface area contributed by atoms with E-state index in [0.29, 0.717) is 22.5 Å². The molecule has 0 unspecified atom stereocenters. The van der Waals surface area contributed by atoms with Gasteiger partial charge in [0, 0.05) is 12.7 Å². The van der Waals surface area contributed by atoms with Gasteiger partial charge in [0.15, 0.2) is 0 Å². The van der Waals surface area contributed by atoms with E-state index in [2.05, 4.69) is 39.7 Å². The molecule has 0 saturated heterocycles. The van der Waals surface area contributed by atoms with Gasteiger partial charge in [0.05, 0.1) is 10.0 Å². The van der Waals surface area contributed by atoms with E-state index >= 15 is 0 Å². The Morgan fingerprint density at radius 2 is 2.17 bits per heavy atom. The first-order valence-electron chi connectivity index (χ1n) is 5.89. The smallest absolute Gasteiger partial charge is 0.339 e. The van der Waals surface area contributed by atoms with Gasteiger partial charge in [-0.2, -0.15) is 0 Å². The summed E-state index contributed by atoms with van der Waals surface area (Å²) in [4.78, 5) is 17.9. The molecule has 1 aromatic rings. The second-order valence-electron chi connectivity index (χ2n) is 3.75. The molecule has 0 aromatic carbocycles. The number of esters is 1. The lowest BCUT2D eigenvalue weighted by molar-refractivity contribution is 0.0465. The molecule has 0 spiro atoms. The van der Waals surface area contributed by atoms with Crippen LogP contribution in [-0.4, -0.2) is 42.1 Å². The average Bonchev–Trinajstić information content (AvgIpc) is 2.37. The minimum atomic E-state index is -0.386. The van der Waals surface area contributed by atoms with Gasteiger partial charge in [-0.3, -0.25) is 0 Å². The molecule has 0 aliphatic carbocycles. The van der Waals surface area contributed by atoms with Crippen molar-refractivity contribution < 1.29 is 9.53 Å². The molecule has 0 atom stereocenters. The summed E-state index contributed by atoms with van der Waals surface area (Å²) in [6.07, 6.45) is 1.50. The van der Waals surface area contributed by atoms with E-state index in [0.717, 1.165) is 19.6 Å². The van der Waals surface area contributed by atoms with E-state index in [4.69, 9.17) is 10.5 Å². The fourth-order valence-corrected chi connectivity index (χ4v) is 1.88. The molecule has 0 aliphatic rings. The molecule has 1 rings (SSSR count). The van der Waals surface area contributed by atoms with Gasteiger partial charge in [-0.1, -0.05) is 13.8 Å². The third-order valence-corrected chi connectivity index (χ3v) is 3.26. The van der Waals surface area contributed by atoms with E-state index < -0.39 is 0 Å². The van der Waals surface area contributed by atoms with Crippen molar-refractivity contribution in [1.29, 1.82) is 0 Å². The second kappa shape index (κ2) is 7.33. The molecule has 0 amide bonds. The van der Waals surface area contributed by atoms with E-state index in [1.54, 1.807) is 0 Å². The molecule has 6 heteroatoms. The molecule has 18 heavy (non-hydrogen) atoms. The van der Waals surface area contributed by atoms with Gasteiger partial charge in [0.2, 0.25) is 0 Å². The summed E-state index contributed by atoms with van der Waals surface area (Å²) >= 11 is 3.25. The first-order valence-corrected chi connectivity index (χ1v) is 6.68. The molecule has 5 nitrogen and oxygen atoms in total. The largest absolute Gasteiger partial charge is 0.461 e. The number of hydrogen-bond acceptors (Lipinski definition) is 5. The summed E-state index contributed by atoms with van der Waals surface area (Å²) in [5.41, 5.74) is 5.94. The lowest BCUT2D eigenvalue weighted by atomic mass is 10.2. The summed E-state index contributed by atoms with van der Waals surface area (Å²) < 4.78 is 5.79. The van der Waals surface area contributed by atoms with Gasteiger partial charge in [-0.25, -0.2) is 9.78 Å². The zero-order chi connectivity index (χ0) is 13.5. The number of anilines is 1. The molecule has 0 aliphatic heterocycles. The molecule has 100 valence electrons. The summed E-state index contributed by atoms with van der Waals surface area (Å²) in [7, 11) is 0. The van der Waals surface area contributed by atoms with Crippen molar-refractivity contribution in [2.45, 2.75) is 13.8 Å². The summed E-state index contributed by atoms with van der Waals surface area (Å²) in [6.45, 7) is 7.14. The standard InChI is InChI=1S/C12H18BrN3O2/c1-3-16(4-2)5-6-18-12(17)9-7-11(14)15-8-10(9)13/h7-8H,3-6H2,1-2H3,(H2,14,15). The summed E-state index contributed by atoms with van der Waals surface area (Å²) in [5.74, 6) is -0.0861. The van der Waals surface area contributed by atoms with Gasteiger partial charge >= 0.3 is 5.97 Å². The van der Waals surface area contributed by atoms with Gasteiger partial charge < -0.3 is 15.4 Å². The van der Waals surface area contributed by atoms with Gasteiger partial charge in [-0.05, 0) is 35.1 Å². The normalized spacial score (nSPS) is 10.7. The highest BCUT2D eigenvalue weighted by atomic mass is 79.9. The number of hydrogen-bond donors (Lipinski definition) is 1. The monoisotopic (exact) mass is 315 g/mol. The van der Waals surface area contributed by atoms with Crippen LogP contribution >= 0.6 is 15.9 Å². The predicted molar refractivity (Wildman–Crippen MR) is 74.4 cm³/mol. The van der Waals surface area contributed by atoms with Crippen molar-refractivity contribution in [2.75, 3.05) is 32.0 Å². The maximum atomic E-state index is 11.8. The number of rotatable bonds is 6. The minimum Gasteiger partial charge on any atom is -0.461 e. The number of carbonyl (C=O) groups excluding carboxylic acids is 1. The Hall–Kier alpha value is -1.14. The quantitative estimate of drug-likeness (QED) is 0.812. The number of aromatic nitrogens is 1. The summed E-state index contributed by atoms with van der Waals surface area (Å²) in [6, 6.07) is 1.50. The Bertz CT molecular complexity index is 408.